The van der Waals surface area contributed by atoms with Crippen molar-refractivity contribution >= 4 is 15.9 Å². The van der Waals surface area contributed by atoms with E-state index in [9.17, 15) is 4.39 Å². The zero-order valence-electron chi connectivity index (χ0n) is 10.3. The van der Waals surface area contributed by atoms with Gasteiger partial charge in [-0.2, -0.15) is 0 Å². The lowest BCUT2D eigenvalue weighted by molar-refractivity contribution is 0.220. The largest absolute Gasteiger partial charge is 0.302 e. The third-order valence-corrected chi connectivity index (χ3v) is 2.58. The number of rotatable bonds is 3. The predicted molar refractivity (Wildman–Crippen MR) is 69.9 cm³/mol. The smallest absolute Gasteiger partial charge is 0.124 e. The molecule has 1 aromatic carbocycles. The summed E-state index contributed by atoms with van der Waals surface area (Å²) in [5, 5.41) is 0. The first-order chi connectivity index (χ1) is 7.26. The Kier molecular flexibility index (Phi) is 4.51. The SMILES string of the molecule is CN(Cc1cc(F)cc(Br)c1)CC(C)(C)C. The van der Waals surface area contributed by atoms with Crippen molar-refractivity contribution in [1.29, 1.82) is 0 Å². The third kappa shape index (κ3) is 5.08. The Morgan fingerprint density at radius 2 is 1.88 bits per heavy atom. The van der Waals surface area contributed by atoms with Crippen LogP contribution in [0, 0.1) is 11.2 Å². The van der Waals surface area contributed by atoms with Gasteiger partial charge in [-0.25, -0.2) is 4.39 Å². The lowest BCUT2D eigenvalue weighted by Crippen LogP contribution is -2.28. The van der Waals surface area contributed by atoms with Crippen molar-refractivity contribution in [2.75, 3.05) is 13.6 Å². The molecule has 0 aromatic heterocycles. The van der Waals surface area contributed by atoms with Gasteiger partial charge in [-0.05, 0) is 36.2 Å². The molecule has 0 fully saturated rings. The molecule has 0 aliphatic rings. The van der Waals surface area contributed by atoms with Gasteiger partial charge in [0.25, 0.3) is 0 Å². The summed E-state index contributed by atoms with van der Waals surface area (Å²) in [7, 11) is 2.06. The molecule has 0 amide bonds. The van der Waals surface area contributed by atoms with Crippen LogP contribution in [0.2, 0.25) is 0 Å². The van der Waals surface area contributed by atoms with E-state index >= 15 is 0 Å². The van der Waals surface area contributed by atoms with E-state index in [0.717, 1.165) is 23.1 Å². The van der Waals surface area contributed by atoms with Crippen molar-refractivity contribution in [3.63, 3.8) is 0 Å². The maximum Gasteiger partial charge on any atom is 0.124 e. The van der Waals surface area contributed by atoms with Crippen LogP contribution >= 0.6 is 15.9 Å². The lowest BCUT2D eigenvalue weighted by Gasteiger charge is -2.26. The second-order valence-electron chi connectivity index (χ2n) is 5.51. The van der Waals surface area contributed by atoms with E-state index in [1.807, 2.05) is 6.07 Å². The van der Waals surface area contributed by atoms with Crippen LogP contribution in [0.3, 0.4) is 0 Å². The van der Waals surface area contributed by atoms with Crippen LogP contribution in [-0.4, -0.2) is 18.5 Å². The number of hydrogen-bond acceptors (Lipinski definition) is 1. The molecule has 0 bridgehead atoms. The molecule has 0 atom stereocenters. The number of halogens is 2. The van der Waals surface area contributed by atoms with Gasteiger partial charge in [0, 0.05) is 17.6 Å². The minimum Gasteiger partial charge on any atom is -0.302 e. The zero-order valence-corrected chi connectivity index (χ0v) is 11.9. The molecule has 0 N–H and O–H groups in total. The van der Waals surface area contributed by atoms with Crippen LogP contribution in [0.4, 0.5) is 4.39 Å². The molecule has 1 rings (SSSR count). The first-order valence-electron chi connectivity index (χ1n) is 5.40. The molecule has 0 aliphatic carbocycles. The minimum absolute atomic E-state index is 0.187. The highest BCUT2D eigenvalue weighted by atomic mass is 79.9. The monoisotopic (exact) mass is 287 g/mol. The molecule has 3 heteroatoms. The Morgan fingerprint density at radius 1 is 1.25 bits per heavy atom. The van der Waals surface area contributed by atoms with Crippen molar-refractivity contribution in [3.05, 3.63) is 34.1 Å². The van der Waals surface area contributed by atoms with Crippen LogP contribution in [0.15, 0.2) is 22.7 Å². The molecule has 0 heterocycles. The molecule has 0 unspecified atom stereocenters. The summed E-state index contributed by atoms with van der Waals surface area (Å²) >= 11 is 3.31. The van der Waals surface area contributed by atoms with Crippen LogP contribution in [0.25, 0.3) is 0 Å². The number of hydrogen-bond donors (Lipinski definition) is 0. The Bertz CT molecular complexity index is 337. The summed E-state index contributed by atoms with van der Waals surface area (Å²) in [6, 6.07) is 5.03. The fraction of sp³-hybridized carbons (Fsp3) is 0.538. The Balaban J connectivity index is 2.66. The van der Waals surface area contributed by atoms with E-state index < -0.39 is 0 Å². The van der Waals surface area contributed by atoms with Gasteiger partial charge >= 0.3 is 0 Å². The second kappa shape index (κ2) is 5.28. The van der Waals surface area contributed by atoms with E-state index in [1.165, 1.54) is 6.07 Å². The van der Waals surface area contributed by atoms with Crippen molar-refractivity contribution in [2.24, 2.45) is 5.41 Å². The average molecular weight is 288 g/mol. The summed E-state index contributed by atoms with van der Waals surface area (Å²) in [6.45, 7) is 8.36. The lowest BCUT2D eigenvalue weighted by atomic mass is 9.96. The molecule has 0 spiro atoms. The van der Waals surface area contributed by atoms with Gasteiger partial charge in [0.1, 0.15) is 5.82 Å². The third-order valence-electron chi connectivity index (χ3n) is 2.12. The first-order valence-corrected chi connectivity index (χ1v) is 6.19. The molecule has 1 aromatic rings. The normalized spacial score (nSPS) is 12.2. The van der Waals surface area contributed by atoms with Crippen LogP contribution in [-0.2, 0) is 6.54 Å². The summed E-state index contributed by atoms with van der Waals surface area (Å²) in [5.74, 6) is -0.187. The van der Waals surface area contributed by atoms with Crippen molar-refractivity contribution in [1.82, 2.24) is 4.90 Å². The Morgan fingerprint density at radius 3 is 2.38 bits per heavy atom. The van der Waals surface area contributed by atoms with Crippen molar-refractivity contribution in [2.45, 2.75) is 27.3 Å². The van der Waals surface area contributed by atoms with Crippen LogP contribution in [0.1, 0.15) is 26.3 Å². The van der Waals surface area contributed by atoms with Gasteiger partial charge in [0.2, 0.25) is 0 Å². The van der Waals surface area contributed by atoms with E-state index in [4.69, 9.17) is 0 Å². The summed E-state index contributed by atoms with van der Waals surface area (Å²) in [4.78, 5) is 2.21. The molecule has 0 radical (unpaired) electrons. The number of benzene rings is 1. The molecular weight excluding hydrogens is 269 g/mol. The van der Waals surface area contributed by atoms with Gasteiger partial charge in [0.05, 0.1) is 0 Å². The van der Waals surface area contributed by atoms with Gasteiger partial charge < -0.3 is 4.90 Å². The van der Waals surface area contributed by atoms with E-state index in [1.54, 1.807) is 6.07 Å². The fourth-order valence-corrected chi connectivity index (χ4v) is 2.39. The van der Waals surface area contributed by atoms with Crippen LogP contribution in [0.5, 0.6) is 0 Å². The summed E-state index contributed by atoms with van der Waals surface area (Å²) in [5.41, 5.74) is 1.26. The standard InChI is InChI=1S/C13H19BrFN/c1-13(2,3)9-16(4)8-10-5-11(14)7-12(15)6-10/h5-7H,8-9H2,1-4H3. The molecule has 0 aliphatic heterocycles. The summed E-state index contributed by atoms with van der Waals surface area (Å²) in [6.07, 6.45) is 0. The predicted octanol–water partition coefficient (Wildman–Crippen LogP) is 4.07. The fourth-order valence-electron chi connectivity index (χ4n) is 1.88. The zero-order chi connectivity index (χ0) is 12.3. The second-order valence-corrected chi connectivity index (χ2v) is 6.43. The highest BCUT2D eigenvalue weighted by Crippen LogP contribution is 2.19. The van der Waals surface area contributed by atoms with E-state index in [2.05, 4.69) is 48.6 Å². The maximum absolute atomic E-state index is 13.2. The Labute approximate surface area is 106 Å². The highest BCUT2D eigenvalue weighted by Gasteiger charge is 2.13. The van der Waals surface area contributed by atoms with Gasteiger partial charge in [0.15, 0.2) is 0 Å². The maximum atomic E-state index is 13.2. The topological polar surface area (TPSA) is 3.24 Å². The molecule has 0 saturated carbocycles. The average Bonchev–Trinajstić information content (AvgIpc) is 1.96. The van der Waals surface area contributed by atoms with E-state index in [-0.39, 0.29) is 11.2 Å². The number of nitrogens with zero attached hydrogens (tertiary/aromatic N) is 1. The molecule has 0 saturated heterocycles. The molecule has 90 valence electrons. The van der Waals surface area contributed by atoms with Crippen molar-refractivity contribution in [3.8, 4) is 0 Å². The van der Waals surface area contributed by atoms with Gasteiger partial charge in [-0.3, -0.25) is 0 Å². The minimum atomic E-state index is -0.187. The van der Waals surface area contributed by atoms with E-state index in [0.29, 0.717) is 0 Å². The molecule has 16 heavy (non-hydrogen) atoms. The molecule has 1 nitrogen and oxygen atoms in total. The molecular formula is C13H19BrFN. The Hall–Kier alpha value is -0.410. The quantitative estimate of drug-likeness (QED) is 0.810. The first kappa shape index (κ1) is 13.7. The van der Waals surface area contributed by atoms with Crippen LogP contribution < -0.4 is 0 Å². The highest BCUT2D eigenvalue weighted by molar-refractivity contribution is 9.10. The van der Waals surface area contributed by atoms with Gasteiger partial charge in [-0.15, -0.1) is 0 Å². The van der Waals surface area contributed by atoms with Gasteiger partial charge in [-0.1, -0.05) is 36.7 Å². The van der Waals surface area contributed by atoms with Crippen molar-refractivity contribution < 1.29 is 4.39 Å². The summed E-state index contributed by atoms with van der Waals surface area (Å²) < 4.78 is 14.0.